The molecule has 2 aromatic heterocycles. The first-order valence-electron chi connectivity index (χ1n) is 24.2. The fraction of sp³-hybridized carbons (Fsp3) is 0.0448. The molecule has 0 saturated heterocycles. The van der Waals surface area contributed by atoms with Crippen LogP contribution in [0.15, 0.2) is 237 Å². The van der Waals surface area contributed by atoms with Gasteiger partial charge in [-0.2, -0.15) is 0 Å². The van der Waals surface area contributed by atoms with Gasteiger partial charge in [-0.15, -0.1) is 0 Å². The summed E-state index contributed by atoms with van der Waals surface area (Å²) >= 11 is 0. The molecule has 1 aliphatic carbocycles. The maximum Gasteiger partial charge on any atom is 0.160 e. The Labute approximate surface area is 406 Å². The molecule has 0 fully saturated rings. The summed E-state index contributed by atoms with van der Waals surface area (Å²) in [5, 5.41) is 8.40. The van der Waals surface area contributed by atoms with Crippen LogP contribution in [0.2, 0.25) is 0 Å². The fourth-order valence-electron chi connectivity index (χ4n) is 11.6. The van der Waals surface area contributed by atoms with Crippen molar-refractivity contribution in [3.05, 3.63) is 248 Å². The quantitative estimate of drug-likeness (QED) is 0.167. The van der Waals surface area contributed by atoms with E-state index in [1.807, 2.05) is 0 Å². The molecule has 328 valence electrons. The number of hydrogen-bond acceptors (Lipinski definition) is 2. The minimum atomic E-state index is -0.149. The lowest BCUT2D eigenvalue weighted by atomic mass is 9.82. The largest absolute Gasteiger partial charge is 0.309 e. The molecular weight excluding hydrogens is 847 g/mol. The van der Waals surface area contributed by atoms with Crippen LogP contribution in [0, 0.1) is 0 Å². The van der Waals surface area contributed by atoms with Gasteiger partial charge in [0.1, 0.15) is 0 Å². The summed E-state index contributed by atoms with van der Waals surface area (Å²) in [7, 11) is 0. The molecular formula is C67H45N3. The van der Waals surface area contributed by atoms with Gasteiger partial charge in [0.15, 0.2) is 5.82 Å². The third-order valence-electron chi connectivity index (χ3n) is 15.0. The van der Waals surface area contributed by atoms with Crippen LogP contribution < -0.4 is 0 Å². The number of nitrogens with zero attached hydrogens (tertiary/aromatic N) is 3. The highest BCUT2D eigenvalue weighted by atomic mass is 15.0. The Kier molecular flexibility index (Phi) is 8.93. The topological polar surface area (TPSA) is 30.7 Å². The normalized spacial score (nSPS) is 12.8. The Bertz CT molecular complexity index is 4090. The summed E-state index contributed by atoms with van der Waals surface area (Å²) in [6.45, 7) is 4.66. The number of hydrogen-bond donors (Lipinski definition) is 0. The third kappa shape index (κ3) is 6.15. The highest BCUT2D eigenvalue weighted by Crippen LogP contribution is 2.50. The molecule has 0 bridgehead atoms. The first-order valence-corrected chi connectivity index (χ1v) is 24.2. The van der Waals surface area contributed by atoms with Crippen molar-refractivity contribution in [3.8, 4) is 72.8 Å². The van der Waals surface area contributed by atoms with Crippen LogP contribution in [0.3, 0.4) is 0 Å². The molecule has 0 unspecified atom stereocenters. The number of rotatable bonds is 6. The molecule has 0 amide bonds. The lowest BCUT2D eigenvalue weighted by molar-refractivity contribution is 0.660. The van der Waals surface area contributed by atoms with E-state index in [0.29, 0.717) is 5.82 Å². The van der Waals surface area contributed by atoms with Crippen molar-refractivity contribution < 1.29 is 0 Å². The average Bonchev–Trinajstić information content (AvgIpc) is 3.88. The Morgan fingerprint density at radius 3 is 1.43 bits per heavy atom. The predicted molar refractivity (Wildman–Crippen MR) is 294 cm³/mol. The molecule has 0 N–H and O–H groups in total. The van der Waals surface area contributed by atoms with E-state index in [1.165, 1.54) is 82.4 Å². The first-order chi connectivity index (χ1) is 34.5. The van der Waals surface area contributed by atoms with E-state index in [2.05, 4.69) is 255 Å². The molecule has 13 aromatic rings. The highest BCUT2D eigenvalue weighted by molar-refractivity contribution is 6.31. The smallest absolute Gasteiger partial charge is 0.160 e. The summed E-state index contributed by atoms with van der Waals surface area (Å²) in [5.74, 6) is 0.715. The maximum atomic E-state index is 5.58. The molecule has 0 atom stereocenters. The SMILES string of the molecule is CC1(C)c2ccccc2-c2ccc(-c3nc(-c4ccc(-c5ccccc5)cc4)c4cc(-n5c6cc(-c7ccccc7)c7ccccc7c6c6c7ccccc7c(-c7ccccc7)cc65)ccc4n3)cc21. The standard InChI is InChI=1S/C67H45N3/c1-67(2)58-29-17-16-26-51(58)52-36-34-47(38-59(52)67)66-68-60-37-35-48(39-57(60)65(69-66)46-32-30-43(31-33-46)42-18-6-3-7-19-42)70-61-40-55(44-20-8-4-9-21-44)49-24-12-14-27-53(49)63(61)64-54-28-15-13-25-50(54)56(41-62(64)70)45-22-10-5-11-23-45/h3-41H,1-2H3. The minimum Gasteiger partial charge on any atom is -0.309 e. The van der Waals surface area contributed by atoms with E-state index >= 15 is 0 Å². The Balaban J connectivity index is 1.06. The Hall–Kier alpha value is -8.92. The van der Waals surface area contributed by atoms with Crippen molar-refractivity contribution in [2.24, 2.45) is 0 Å². The monoisotopic (exact) mass is 891 g/mol. The van der Waals surface area contributed by atoms with Crippen LogP contribution in [0.4, 0.5) is 0 Å². The van der Waals surface area contributed by atoms with Crippen LogP contribution in [0.1, 0.15) is 25.0 Å². The zero-order valence-corrected chi connectivity index (χ0v) is 38.9. The van der Waals surface area contributed by atoms with Crippen molar-refractivity contribution >= 4 is 54.3 Å². The van der Waals surface area contributed by atoms with Gasteiger partial charge in [-0.25, -0.2) is 9.97 Å². The Morgan fingerprint density at radius 1 is 0.329 bits per heavy atom. The van der Waals surface area contributed by atoms with Gasteiger partial charge in [0, 0.05) is 38.4 Å². The zero-order valence-electron chi connectivity index (χ0n) is 38.9. The van der Waals surface area contributed by atoms with Crippen molar-refractivity contribution in [1.29, 1.82) is 0 Å². The molecule has 0 saturated carbocycles. The first kappa shape index (κ1) is 40.2. The van der Waals surface area contributed by atoms with Crippen LogP contribution in [0.5, 0.6) is 0 Å². The summed E-state index contributed by atoms with van der Waals surface area (Å²) in [4.78, 5) is 11.0. The molecule has 3 nitrogen and oxygen atoms in total. The number of fused-ring (bicyclic) bond motifs is 11. The van der Waals surface area contributed by atoms with Crippen molar-refractivity contribution in [2.75, 3.05) is 0 Å². The van der Waals surface area contributed by atoms with Crippen molar-refractivity contribution in [1.82, 2.24) is 14.5 Å². The second kappa shape index (κ2) is 15.6. The van der Waals surface area contributed by atoms with Crippen molar-refractivity contribution in [3.63, 3.8) is 0 Å². The van der Waals surface area contributed by atoms with Gasteiger partial charge in [0.05, 0.1) is 22.2 Å². The van der Waals surface area contributed by atoms with E-state index in [4.69, 9.17) is 9.97 Å². The van der Waals surface area contributed by atoms with E-state index in [-0.39, 0.29) is 5.41 Å². The molecule has 0 aliphatic heterocycles. The van der Waals surface area contributed by atoms with Crippen molar-refractivity contribution in [2.45, 2.75) is 19.3 Å². The third-order valence-corrected chi connectivity index (χ3v) is 15.0. The van der Waals surface area contributed by atoms with Gasteiger partial charge in [-0.1, -0.05) is 214 Å². The average molecular weight is 892 g/mol. The van der Waals surface area contributed by atoms with Gasteiger partial charge >= 0.3 is 0 Å². The summed E-state index contributed by atoms with van der Waals surface area (Å²) in [6.07, 6.45) is 0. The predicted octanol–water partition coefficient (Wildman–Crippen LogP) is 17.7. The minimum absolute atomic E-state index is 0.149. The second-order valence-electron chi connectivity index (χ2n) is 19.3. The van der Waals surface area contributed by atoms with Gasteiger partial charge in [-0.05, 0) is 114 Å². The molecule has 0 spiro atoms. The zero-order chi connectivity index (χ0) is 46.5. The lowest BCUT2D eigenvalue weighted by Crippen LogP contribution is -2.15. The van der Waals surface area contributed by atoms with Crippen LogP contribution in [0.25, 0.3) is 127 Å². The lowest BCUT2D eigenvalue weighted by Gasteiger charge is -2.22. The highest BCUT2D eigenvalue weighted by Gasteiger charge is 2.35. The van der Waals surface area contributed by atoms with E-state index in [9.17, 15) is 0 Å². The second-order valence-corrected chi connectivity index (χ2v) is 19.3. The summed E-state index contributed by atoms with van der Waals surface area (Å²) in [5.41, 5.74) is 19.4. The summed E-state index contributed by atoms with van der Waals surface area (Å²) < 4.78 is 2.50. The van der Waals surface area contributed by atoms with Crippen LogP contribution in [-0.4, -0.2) is 14.5 Å². The Morgan fingerprint density at radius 2 is 0.814 bits per heavy atom. The molecule has 3 heteroatoms. The summed E-state index contributed by atoms with van der Waals surface area (Å²) in [6, 6.07) is 86.2. The van der Waals surface area contributed by atoms with Crippen LogP contribution >= 0.6 is 0 Å². The van der Waals surface area contributed by atoms with Gasteiger partial charge in [0.2, 0.25) is 0 Å². The molecule has 14 rings (SSSR count). The van der Waals surface area contributed by atoms with E-state index < -0.39 is 0 Å². The van der Waals surface area contributed by atoms with Gasteiger partial charge in [0.25, 0.3) is 0 Å². The molecule has 0 radical (unpaired) electrons. The van der Waals surface area contributed by atoms with E-state index in [1.54, 1.807) is 0 Å². The van der Waals surface area contributed by atoms with Gasteiger partial charge < -0.3 is 4.57 Å². The molecule has 11 aromatic carbocycles. The molecule has 70 heavy (non-hydrogen) atoms. The number of aromatic nitrogens is 3. The molecule has 1 aliphatic rings. The maximum absolute atomic E-state index is 5.58. The molecule has 2 heterocycles. The number of benzene rings is 11. The van der Waals surface area contributed by atoms with Gasteiger partial charge in [-0.3, -0.25) is 0 Å². The fourth-order valence-corrected chi connectivity index (χ4v) is 11.6. The van der Waals surface area contributed by atoms with Crippen LogP contribution in [-0.2, 0) is 5.41 Å². The van der Waals surface area contributed by atoms with E-state index in [0.717, 1.165) is 50.0 Å².